The van der Waals surface area contributed by atoms with E-state index in [0.29, 0.717) is 18.1 Å². The largest absolute Gasteiger partial charge is 0.465 e. The molecule has 0 spiro atoms. The Morgan fingerprint density at radius 3 is 2.69 bits per heavy atom. The van der Waals surface area contributed by atoms with E-state index in [2.05, 4.69) is 18.9 Å². The second-order valence-electron chi connectivity index (χ2n) is 4.01. The van der Waals surface area contributed by atoms with E-state index in [4.69, 9.17) is 9.47 Å². The highest BCUT2D eigenvalue weighted by Crippen LogP contribution is 2.13. The Labute approximate surface area is 95.3 Å². The Balaban J connectivity index is 3.01. The minimum absolute atomic E-state index is 0.358. The third-order valence-corrected chi connectivity index (χ3v) is 2.17. The molecule has 0 fully saturated rings. The number of rotatable bonds is 5. The fourth-order valence-electron chi connectivity index (χ4n) is 1.48. The highest BCUT2D eigenvalue weighted by Gasteiger charge is 2.18. The zero-order valence-corrected chi connectivity index (χ0v) is 10.2. The Morgan fingerprint density at radius 2 is 2.19 bits per heavy atom. The highest BCUT2D eigenvalue weighted by atomic mass is 16.5. The second kappa shape index (κ2) is 5.65. The molecule has 5 heteroatoms. The molecule has 0 amide bonds. The summed E-state index contributed by atoms with van der Waals surface area (Å²) >= 11 is 0. The van der Waals surface area contributed by atoms with E-state index in [1.165, 1.54) is 13.3 Å². The van der Waals surface area contributed by atoms with Gasteiger partial charge in [0.1, 0.15) is 5.56 Å². The van der Waals surface area contributed by atoms with Crippen LogP contribution in [0.1, 0.15) is 29.9 Å². The molecule has 0 unspecified atom stereocenters. The molecule has 0 aliphatic rings. The molecule has 0 radical (unpaired) electrons. The standard InChI is InChI=1S/C11H18N2O3/c1-8(2)6-13-10(7-15-3)9(5-12-13)11(14)16-4/h5,8H,6-7H2,1-4H3. The molecule has 0 saturated carbocycles. The number of esters is 1. The number of carbonyl (C=O) groups excluding carboxylic acids is 1. The van der Waals surface area contributed by atoms with Crippen LogP contribution in [0.3, 0.4) is 0 Å². The predicted molar refractivity (Wildman–Crippen MR) is 59.1 cm³/mol. The number of ether oxygens (including phenoxy) is 2. The summed E-state index contributed by atoms with van der Waals surface area (Å²) in [5, 5.41) is 4.18. The molecular weight excluding hydrogens is 208 g/mol. The molecule has 0 saturated heterocycles. The van der Waals surface area contributed by atoms with Crippen molar-refractivity contribution in [3.8, 4) is 0 Å². The molecule has 5 nitrogen and oxygen atoms in total. The number of aromatic nitrogens is 2. The topological polar surface area (TPSA) is 53.4 Å². The highest BCUT2D eigenvalue weighted by molar-refractivity contribution is 5.90. The van der Waals surface area contributed by atoms with Crippen molar-refractivity contribution in [2.24, 2.45) is 5.92 Å². The zero-order chi connectivity index (χ0) is 12.1. The van der Waals surface area contributed by atoms with Crippen molar-refractivity contribution in [2.75, 3.05) is 14.2 Å². The van der Waals surface area contributed by atoms with Crippen molar-refractivity contribution >= 4 is 5.97 Å². The second-order valence-corrected chi connectivity index (χ2v) is 4.01. The fourth-order valence-corrected chi connectivity index (χ4v) is 1.48. The Hall–Kier alpha value is -1.36. The quantitative estimate of drug-likeness (QED) is 0.713. The van der Waals surface area contributed by atoms with Gasteiger partial charge in [0.2, 0.25) is 0 Å². The van der Waals surface area contributed by atoms with Crippen LogP contribution in [0.25, 0.3) is 0 Å². The van der Waals surface area contributed by atoms with Gasteiger partial charge in [0.25, 0.3) is 0 Å². The van der Waals surface area contributed by atoms with Crippen molar-refractivity contribution in [3.63, 3.8) is 0 Å². The van der Waals surface area contributed by atoms with Gasteiger partial charge in [0.05, 0.1) is 25.6 Å². The van der Waals surface area contributed by atoms with E-state index in [-0.39, 0.29) is 5.97 Å². The molecule has 0 bridgehead atoms. The first-order chi connectivity index (χ1) is 7.60. The average Bonchev–Trinajstić information content (AvgIpc) is 2.61. The number of hydrogen-bond acceptors (Lipinski definition) is 4. The third-order valence-electron chi connectivity index (χ3n) is 2.17. The van der Waals surface area contributed by atoms with E-state index in [9.17, 15) is 4.79 Å². The summed E-state index contributed by atoms with van der Waals surface area (Å²) in [7, 11) is 2.95. The van der Waals surface area contributed by atoms with Crippen LogP contribution in [0.5, 0.6) is 0 Å². The van der Waals surface area contributed by atoms with Gasteiger partial charge < -0.3 is 9.47 Å². The summed E-state index contributed by atoms with van der Waals surface area (Å²) in [6.07, 6.45) is 1.53. The number of nitrogens with zero attached hydrogens (tertiary/aromatic N) is 2. The molecule has 0 N–H and O–H groups in total. The normalized spacial score (nSPS) is 10.8. The third kappa shape index (κ3) is 2.82. The van der Waals surface area contributed by atoms with Gasteiger partial charge in [-0.3, -0.25) is 4.68 Å². The van der Waals surface area contributed by atoms with Crippen LogP contribution < -0.4 is 0 Å². The summed E-state index contributed by atoms with van der Waals surface area (Å²) in [4.78, 5) is 11.5. The maximum absolute atomic E-state index is 11.5. The minimum Gasteiger partial charge on any atom is -0.465 e. The van der Waals surface area contributed by atoms with Crippen LogP contribution in [0, 0.1) is 5.92 Å². The van der Waals surface area contributed by atoms with E-state index in [1.807, 2.05) is 0 Å². The van der Waals surface area contributed by atoms with Crippen molar-refractivity contribution in [2.45, 2.75) is 27.0 Å². The summed E-state index contributed by atoms with van der Waals surface area (Å²) in [6, 6.07) is 0. The number of hydrogen-bond donors (Lipinski definition) is 0. The summed E-state index contributed by atoms with van der Waals surface area (Å²) in [5.74, 6) is 0.0862. The lowest BCUT2D eigenvalue weighted by Gasteiger charge is -2.10. The van der Waals surface area contributed by atoms with Crippen LogP contribution in [-0.2, 0) is 22.6 Å². The van der Waals surface area contributed by atoms with E-state index < -0.39 is 0 Å². The first-order valence-electron chi connectivity index (χ1n) is 5.22. The molecular formula is C11H18N2O3. The van der Waals surface area contributed by atoms with Gasteiger partial charge >= 0.3 is 5.97 Å². The molecule has 1 aromatic heterocycles. The van der Waals surface area contributed by atoms with Crippen LogP contribution in [0.15, 0.2) is 6.20 Å². The summed E-state index contributed by atoms with van der Waals surface area (Å²) < 4.78 is 11.6. The van der Waals surface area contributed by atoms with Gasteiger partial charge in [-0.25, -0.2) is 4.79 Å². The summed E-state index contributed by atoms with van der Waals surface area (Å²) in [5.41, 5.74) is 1.24. The van der Waals surface area contributed by atoms with Gasteiger partial charge in [-0.2, -0.15) is 5.10 Å². The molecule has 1 heterocycles. The molecule has 0 atom stereocenters. The molecule has 1 aromatic rings. The lowest BCUT2D eigenvalue weighted by Crippen LogP contribution is -2.13. The van der Waals surface area contributed by atoms with Gasteiger partial charge in [-0.1, -0.05) is 13.8 Å². The van der Waals surface area contributed by atoms with Crippen LogP contribution in [0.2, 0.25) is 0 Å². The van der Waals surface area contributed by atoms with Crippen molar-refractivity contribution in [1.82, 2.24) is 9.78 Å². The monoisotopic (exact) mass is 226 g/mol. The van der Waals surface area contributed by atoms with E-state index in [1.54, 1.807) is 11.8 Å². The average molecular weight is 226 g/mol. The van der Waals surface area contributed by atoms with Gasteiger partial charge in [0.15, 0.2) is 0 Å². The molecule has 90 valence electrons. The molecule has 16 heavy (non-hydrogen) atoms. The molecule has 1 rings (SSSR count). The minimum atomic E-state index is -0.373. The lowest BCUT2D eigenvalue weighted by atomic mass is 10.2. The van der Waals surface area contributed by atoms with Gasteiger partial charge in [-0.05, 0) is 5.92 Å². The molecule has 0 aliphatic carbocycles. The zero-order valence-electron chi connectivity index (χ0n) is 10.2. The predicted octanol–water partition coefficient (Wildman–Crippen LogP) is 1.47. The Morgan fingerprint density at radius 1 is 1.50 bits per heavy atom. The van der Waals surface area contributed by atoms with Crippen LogP contribution >= 0.6 is 0 Å². The maximum atomic E-state index is 11.5. The molecule has 0 aromatic carbocycles. The van der Waals surface area contributed by atoms with Crippen LogP contribution in [0.4, 0.5) is 0 Å². The van der Waals surface area contributed by atoms with Crippen molar-refractivity contribution in [3.05, 3.63) is 17.5 Å². The van der Waals surface area contributed by atoms with Crippen molar-refractivity contribution in [1.29, 1.82) is 0 Å². The first-order valence-corrected chi connectivity index (χ1v) is 5.22. The number of methoxy groups -OCH3 is 2. The van der Waals surface area contributed by atoms with Gasteiger partial charge in [-0.15, -0.1) is 0 Å². The van der Waals surface area contributed by atoms with E-state index >= 15 is 0 Å². The van der Waals surface area contributed by atoms with Crippen LogP contribution in [-0.4, -0.2) is 30.0 Å². The smallest absolute Gasteiger partial charge is 0.341 e. The summed E-state index contributed by atoms with van der Waals surface area (Å²) in [6.45, 7) is 5.30. The fraction of sp³-hybridized carbons (Fsp3) is 0.636. The van der Waals surface area contributed by atoms with Gasteiger partial charge in [0, 0.05) is 13.7 Å². The Kier molecular flexibility index (Phi) is 4.49. The maximum Gasteiger partial charge on any atom is 0.341 e. The number of carbonyl (C=O) groups is 1. The lowest BCUT2D eigenvalue weighted by molar-refractivity contribution is 0.0595. The Bertz CT molecular complexity index is 358. The van der Waals surface area contributed by atoms with Crippen molar-refractivity contribution < 1.29 is 14.3 Å². The first kappa shape index (κ1) is 12.7. The van der Waals surface area contributed by atoms with E-state index in [0.717, 1.165) is 12.2 Å². The molecule has 0 aliphatic heterocycles. The SMILES string of the molecule is COCc1c(C(=O)OC)cnn1CC(C)C.